The second-order valence-corrected chi connectivity index (χ2v) is 4.82. The average Bonchev–Trinajstić information content (AvgIpc) is 2.75. The van der Waals surface area contributed by atoms with Crippen molar-refractivity contribution in [1.29, 1.82) is 0 Å². The van der Waals surface area contributed by atoms with Gasteiger partial charge in [-0.15, -0.1) is 0 Å². The predicted octanol–water partition coefficient (Wildman–Crippen LogP) is 2.23. The van der Waals surface area contributed by atoms with Crippen LogP contribution in [-0.2, 0) is 9.53 Å². The lowest BCUT2D eigenvalue weighted by molar-refractivity contribution is -0.116. The van der Waals surface area contributed by atoms with Crippen LogP contribution >= 0.6 is 15.9 Å². The van der Waals surface area contributed by atoms with Crippen LogP contribution in [0.25, 0.3) is 0 Å². The molecule has 0 spiro atoms. The molecule has 1 aliphatic heterocycles. The van der Waals surface area contributed by atoms with Gasteiger partial charge in [0, 0.05) is 23.1 Å². The summed E-state index contributed by atoms with van der Waals surface area (Å²) in [6, 6.07) is 7.33. The molecule has 1 fully saturated rings. The van der Waals surface area contributed by atoms with Crippen LogP contribution in [0.3, 0.4) is 0 Å². The molecule has 0 aliphatic carbocycles. The highest BCUT2D eigenvalue weighted by molar-refractivity contribution is 9.10. The Hall–Kier alpha value is -1.56. The molecule has 0 atom stereocenters. The summed E-state index contributed by atoms with van der Waals surface area (Å²) in [5.41, 5.74) is 0.743. The fraction of sp³-hybridized carbons (Fsp3) is 0.333. The predicted molar refractivity (Wildman–Crippen MR) is 70.3 cm³/mol. The fourth-order valence-corrected chi connectivity index (χ4v) is 1.89. The zero-order valence-corrected chi connectivity index (χ0v) is 11.3. The Labute approximate surface area is 113 Å². The van der Waals surface area contributed by atoms with E-state index in [4.69, 9.17) is 4.74 Å². The van der Waals surface area contributed by atoms with E-state index in [0.717, 1.165) is 10.2 Å². The normalized spacial score (nSPS) is 14.5. The number of hydrogen-bond donors (Lipinski definition) is 1. The summed E-state index contributed by atoms with van der Waals surface area (Å²) in [6.45, 7) is 1.36. The van der Waals surface area contributed by atoms with Crippen molar-refractivity contribution >= 4 is 33.6 Å². The lowest BCUT2D eigenvalue weighted by atomic mass is 10.3. The maximum atomic E-state index is 11.7. The maximum absolute atomic E-state index is 11.7. The van der Waals surface area contributed by atoms with E-state index < -0.39 is 0 Å². The van der Waals surface area contributed by atoms with Crippen LogP contribution in [0, 0.1) is 0 Å². The molecule has 2 amide bonds. The third-order valence-corrected chi connectivity index (χ3v) is 3.11. The van der Waals surface area contributed by atoms with E-state index in [1.54, 1.807) is 0 Å². The zero-order chi connectivity index (χ0) is 13.0. The van der Waals surface area contributed by atoms with Gasteiger partial charge in [-0.3, -0.25) is 4.79 Å². The van der Waals surface area contributed by atoms with Crippen molar-refractivity contribution in [3.63, 3.8) is 0 Å². The molecule has 0 unspecified atom stereocenters. The first-order valence-electron chi connectivity index (χ1n) is 5.62. The number of nitrogens with one attached hydrogen (secondary N) is 1. The Kier molecular flexibility index (Phi) is 4.19. The molecule has 96 valence electrons. The molecule has 0 saturated carbocycles. The minimum absolute atomic E-state index is 0.114. The van der Waals surface area contributed by atoms with Gasteiger partial charge in [-0.25, -0.2) is 4.79 Å². The summed E-state index contributed by atoms with van der Waals surface area (Å²) in [4.78, 5) is 24.3. The second kappa shape index (κ2) is 5.86. The van der Waals surface area contributed by atoms with Crippen molar-refractivity contribution in [3.05, 3.63) is 28.7 Å². The Morgan fingerprint density at radius 3 is 2.72 bits per heavy atom. The number of carbonyl (C=O) groups is 2. The summed E-state index contributed by atoms with van der Waals surface area (Å²) < 4.78 is 5.74. The summed E-state index contributed by atoms with van der Waals surface area (Å²) in [5.74, 6) is -0.114. The summed E-state index contributed by atoms with van der Waals surface area (Å²) in [5, 5.41) is 2.77. The molecule has 1 aromatic carbocycles. The number of halogens is 1. The largest absolute Gasteiger partial charge is 0.448 e. The zero-order valence-electron chi connectivity index (χ0n) is 9.69. The summed E-state index contributed by atoms with van der Waals surface area (Å²) >= 11 is 3.32. The fourth-order valence-electron chi connectivity index (χ4n) is 1.62. The van der Waals surface area contributed by atoms with Crippen molar-refractivity contribution in [1.82, 2.24) is 4.90 Å². The van der Waals surface area contributed by atoms with Crippen LogP contribution in [-0.4, -0.2) is 36.6 Å². The maximum Gasteiger partial charge on any atom is 0.409 e. The van der Waals surface area contributed by atoms with Crippen LogP contribution in [0.2, 0.25) is 0 Å². The lowest BCUT2D eigenvalue weighted by Gasteiger charge is -2.12. The van der Waals surface area contributed by atoms with Gasteiger partial charge >= 0.3 is 6.09 Å². The smallest absolute Gasteiger partial charge is 0.409 e. The molecule has 5 nitrogen and oxygen atoms in total. The van der Waals surface area contributed by atoms with Gasteiger partial charge in [0.15, 0.2) is 0 Å². The topological polar surface area (TPSA) is 58.6 Å². The third kappa shape index (κ3) is 3.46. The van der Waals surface area contributed by atoms with Gasteiger partial charge in [-0.05, 0) is 24.3 Å². The molecule has 1 aromatic rings. The molecular formula is C12H13BrN2O3. The number of benzene rings is 1. The van der Waals surface area contributed by atoms with E-state index in [1.807, 2.05) is 24.3 Å². The molecule has 6 heteroatoms. The lowest BCUT2D eigenvalue weighted by Crippen LogP contribution is -2.28. The van der Waals surface area contributed by atoms with Crippen molar-refractivity contribution < 1.29 is 14.3 Å². The molecule has 1 heterocycles. The molecule has 0 radical (unpaired) electrons. The van der Waals surface area contributed by atoms with E-state index >= 15 is 0 Å². The first kappa shape index (κ1) is 12.9. The number of hydrogen-bond acceptors (Lipinski definition) is 3. The minimum Gasteiger partial charge on any atom is -0.448 e. The van der Waals surface area contributed by atoms with E-state index in [0.29, 0.717) is 19.7 Å². The Bertz CT molecular complexity index is 447. The molecule has 1 N–H and O–H groups in total. The van der Waals surface area contributed by atoms with Gasteiger partial charge in [0.25, 0.3) is 0 Å². The highest BCUT2D eigenvalue weighted by Gasteiger charge is 2.21. The van der Waals surface area contributed by atoms with E-state index in [9.17, 15) is 9.59 Å². The van der Waals surface area contributed by atoms with Crippen LogP contribution in [0.5, 0.6) is 0 Å². The molecule has 1 saturated heterocycles. The molecule has 18 heavy (non-hydrogen) atoms. The van der Waals surface area contributed by atoms with Crippen molar-refractivity contribution in [2.24, 2.45) is 0 Å². The van der Waals surface area contributed by atoms with Gasteiger partial charge in [-0.2, -0.15) is 0 Å². The van der Waals surface area contributed by atoms with Crippen molar-refractivity contribution in [2.45, 2.75) is 6.42 Å². The van der Waals surface area contributed by atoms with Gasteiger partial charge < -0.3 is 15.0 Å². The minimum atomic E-state index is -0.341. The summed E-state index contributed by atoms with van der Waals surface area (Å²) in [7, 11) is 0. The van der Waals surface area contributed by atoms with E-state index in [1.165, 1.54) is 4.90 Å². The van der Waals surface area contributed by atoms with Crippen LogP contribution in [0.4, 0.5) is 10.5 Å². The van der Waals surface area contributed by atoms with Gasteiger partial charge in [0.2, 0.25) is 5.91 Å². The number of anilines is 1. The van der Waals surface area contributed by atoms with Gasteiger partial charge in [0.1, 0.15) is 6.61 Å². The highest BCUT2D eigenvalue weighted by atomic mass is 79.9. The molecule has 0 aromatic heterocycles. The molecule has 0 bridgehead atoms. The third-order valence-electron chi connectivity index (χ3n) is 2.58. The molecular weight excluding hydrogens is 300 g/mol. The monoisotopic (exact) mass is 312 g/mol. The number of cyclic esters (lactones) is 1. The number of carbonyl (C=O) groups excluding carboxylic acids is 2. The van der Waals surface area contributed by atoms with Crippen LogP contribution < -0.4 is 5.32 Å². The van der Waals surface area contributed by atoms with E-state index in [2.05, 4.69) is 21.2 Å². The number of amides is 2. The first-order chi connectivity index (χ1) is 8.65. The first-order valence-corrected chi connectivity index (χ1v) is 6.41. The molecule has 2 rings (SSSR count). The van der Waals surface area contributed by atoms with E-state index in [-0.39, 0.29) is 18.4 Å². The van der Waals surface area contributed by atoms with Gasteiger partial charge in [0.05, 0.1) is 6.54 Å². The SMILES string of the molecule is O=C(CCN1CCOC1=O)Nc1ccc(Br)cc1. The Morgan fingerprint density at radius 1 is 1.39 bits per heavy atom. The highest BCUT2D eigenvalue weighted by Crippen LogP contribution is 2.14. The quantitative estimate of drug-likeness (QED) is 0.927. The summed E-state index contributed by atoms with van der Waals surface area (Å²) in [6.07, 6.45) is -0.0722. The van der Waals surface area contributed by atoms with Gasteiger partial charge in [-0.1, -0.05) is 15.9 Å². The van der Waals surface area contributed by atoms with Crippen molar-refractivity contribution in [3.8, 4) is 0 Å². The Balaban J connectivity index is 1.78. The average molecular weight is 313 g/mol. The number of ether oxygens (including phenoxy) is 1. The Morgan fingerprint density at radius 2 is 2.11 bits per heavy atom. The standard InChI is InChI=1S/C12H13BrN2O3/c13-9-1-3-10(4-2-9)14-11(16)5-6-15-7-8-18-12(15)17/h1-4H,5-8H2,(H,14,16). The number of nitrogens with zero attached hydrogens (tertiary/aromatic N) is 1. The van der Waals surface area contributed by atoms with Crippen LogP contribution in [0.1, 0.15) is 6.42 Å². The van der Waals surface area contributed by atoms with Crippen molar-refractivity contribution in [2.75, 3.05) is 25.0 Å². The second-order valence-electron chi connectivity index (χ2n) is 3.91. The number of rotatable bonds is 4. The molecule has 1 aliphatic rings. The van der Waals surface area contributed by atoms with Crippen LogP contribution in [0.15, 0.2) is 28.7 Å².